The minimum absolute atomic E-state index is 0. The first kappa shape index (κ1) is 25.9. The number of carbonyl (C=O) groups is 1. The molecule has 0 bridgehead atoms. The summed E-state index contributed by atoms with van der Waals surface area (Å²) >= 11 is 0. The third-order valence-electron chi connectivity index (χ3n) is 4.98. The van der Waals surface area contributed by atoms with E-state index in [1.54, 1.807) is 7.05 Å². The molecule has 1 aromatic heterocycles. The number of hydrogen-bond donors (Lipinski definition) is 3. The molecule has 0 radical (unpaired) electrons. The summed E-state index contributed by atoms with van der Waals surface area (Å²) in [5.74, 6) is 1.65. The Kier molecular flexibility index (Phi) is 11.5. The molecule has 0 saturated carbocycles. The summed E-state index contributed by atoms with van der Waals surface area (Å²) in [6.45, 7) is 9.28. The number of amides is 1. The minimum atomic E-state index is -0.00163. The van der Waals surface area contributed by atoms with Gasteiger partial charge in [-0.1, -0.05) is 45.0 Å². The molecule has 1 aromatic carbocycles. The molecule has 1 unspecified atom stereocenters. The molecule has 3 N–H and O–H groups in total. The van der Waals surface area contributed by atoms with Crippen molar-refractivity contribution in [3.8, 4) is 0 Å². The van der Waals surface area contributed by atoms with Gasteiger partial charge in [0.25, 0.3) is 0 Å². The number of rotatable bonds is 9. The van der Waals surface area contributed by atoms with Crippen LogP contribution in [-0.4, -0.2) is 24.1 Å². The Morgan fingerprint density at radius 1 is 1.17 bits per heavy atom. The van der Waals surface area contributed by atoms with Crippen molar-refractivity contribution in [1.29, 1.82) is 0 Å². The molecular formula is C22H34IN5O2. The number of carbonyl (C=O) groups excluding carboxylic acids is 1. The van der Waals surface area contributed by atoms with Crippen molar-refractivity contribution < 1.29 is 9.32 Å². The summed E-state index contributed by atoms with van der Waals surface area (Å²) in [6, 6.07) is 7.84. The van der Waals surface area contributed by atoms with Gasteiger partial charge in [-0.25, -0.2) is 0 Å². The first-order chi connectivity index (χ1) is 14.0. The second-order valence-electron chi connectivity index (χ2n) is 7.02. The highest BCUT2D eigenvalue weighted by Gasteiger charge is 2.14. The summed E-state index contributed by atoms with van der Waals surface area (Å²) in [4.78, 5) is 16.4. The van der Waals surface area contributed by atoms with Gasteiger partial charge in [0.05, 0.1) is 5.69 Å². The first-order valence-corrected chi connectivity index (χ1v) is 10.3. The quantitative estimate of drug-likeness (QED) is 0.258. The summed E-state index contributed by atoms with van der Waals surface area (Å²) in [6.07, 6.45) is 2.47. The number of nitrogens with one attached hydrogen (secondary N) is 3. The fourth-order valence-electron chi connectivity index (χ4n) is 2.93. The summed E-state index contributed by atoms with van der Waals surface area (Å²) < 4.78 is 5.42. The number of nitrogens with zero attached hydrogens (tertiary/aromatic N) is 2. The Morgan fingerprint density at radius 3 is 2.53 bits per heavy atom. The second-order valence-corrected chi connectivity index (χ2v) is 7.02. The number of anilines is 1. The van der Waals surface area contributed by atoms with Gasteiger partial charge in [0, 0.05) is 43.7 Å². The van der Waals surface area contributed by atoms with Crippen LogP contribution in [-0.2, 0) is 30.7 Å². The number of hydrogen-bond acceptors (Lipinski definition) is 4. The Morgan fingerprint density at radius 2 is 1.90 bits per heavy atom. The normalized spacial score (nSPS) is 12.1. The number of aryl methyl sites for hydroxylation is 2. The van der Waals surface area contributed by atoms with E-state index in [4.69, 9.17) is 4.52 Å². The molecule has 0 aliphatic heterocycles. The maximum absolute atomic E-state index is 12.1. The first-order valence-electron chi connectivity index (χ1n) is 10.3. The highest BCUT2D eigenvalue weighted by atomic mass is 127. The van der Waals surface area contributed by atoms with Crippen molar-refractivity contribution >= 4 is 41.5 Å². The molecule has 0 spiro atoms. The van der Waals surface area contributed by atoms with Crippen LogP contribution in [0, 0.1) is 5.92 Å². The Hall–Kier alpha value is -2.10. The van der Waals surface area contributed by atoms with Gasteiger partial charge >= 0.3 is 0 Å². The van der Waals surface area contributed by atoms with Crippen LogP contribution >= 0.6 is 24.0 Å². The molecule has 2 aromatic rings. The van der Waals surface area contributed by atoms with Crippen molar-refractivity contribution in [1.82, 2.24) is 15.8 Å². The molecule has 0 aliphatic rings. The predicted octanol–water partition coefficient (Wildman–Crippen LogP) is 4.27. The standard InChI is InChI=1S/C22H33N5O2.HI/c1-6-15(4)21(28)26-17-11-9-10-16(12-17)13-24-22(23-5)25-14-18-19(7-2)27-29-20(18)8-3;/h9-12,15H,6-8,13-14H2,1-5H3,(H,26,28)(H2,23,24,25);1H. The van der Waals surface area contributed by atoms with Crippen molar-refractivity contribution in [2.75, 3.05) is 12.4 Å². The van der Waals surface area contributed by atoms with Crippen molar-refractivity contribution in [2.24, 2.45) is 10.9 Å². The Labute approximate surface area is 196 Å². The highest BCUT2D eigenvalue weighted by Crippen LogP contribution is 2.16. The van der Waals surface area contributed by atoms with E-state index in [2.05, 4.69) is 39.9 Å². The maximum atomic E-state index is 12.1. The van der Waals surface area contributed by atoms with Crippen LogP contribution in [0.1, 0.15) is 56.7 Å². The molecule has 7 nitrogen and oxygen atoms in total. The number of guanidine groups is 1. The van der Waals surface area contributed by atoms with Crippen LogP contribution in [0.3, 0.4) is 0 Å². The molecule has 2 rings (SSSR count). The van der Waals surface area contributed by atoms with Gasteiger partial charge in [0.15, 0.2) is 5.96 Å². The van der Waals surface area contributed by atoms with E-state index in [1.807, 2.05) is 38.1 Å². The molecular weight excluding hydrogens is 493 g/mol. The topological polar surface area (TPSA) is 91.6 Å². The van der Waals surface area contributed by atoms with Gasteiger partial charge in [-0.2, -0.15) is 0 Å². The average Bonchev–Trinajstić information content (AvgIpc) is 3.15. The predicted molar refractivity (Wildman–Crippen MR) is 132 cm³/mol. The molecule has 1 amide bonds. The smallest absolute Gasteiger partial charge is 0.227 e. The molecule has 30 heavy (non-hydrogen) atoms. The third kappa shape index (κ3) is 7.30. The Balaban J connectivity index is 0.00000450. The Bertz CT molecular complexity index is 813. The lowest BCUT2D eigenvalue weighted by atomic mass is 10.1. The van der Waals surface area contributed by atoms with Crippen LogP contribution in [0.4, 0.5) is 5.69 Å². The molecule has 0 fully saturated rings. The molecule has 1 heterocycles. The molecule has 0 aliphatic carbocycles. The number of aliphatic imine (C=N–C) groups is 1. The third-order valence-corrected chi connectivity index (χ3v) is 4.98. The van der Waals surface area contributed by atoms with E-state index in [-0.39, 0.29) is 35.8 Å². The summed E-state index contributed by atoms with van der Waals surface area (Å²) in [5, 5.41) is 13.8. The zero-order chi connectivity index (χ0) is 21.2. The molecule has 8 heteroatoms. The van der Waals surface area contributed by atoms with Crippen molar-refractivity contribution in [2.45, 2.75) is 60.0 Å². The van der Waals surface area contributed by atoms with Gasteiger partial charge in [-0.15, -0.1) is 24.0 Å². The SMILES string of the molecule is CCc1noc(CC)c1CNC(=NC)NCc1cccc(NC(=O)C(C)CC)c1.I. The molecule has 166 valence electrons. The zero-order valence-electron chi connectivity index (χ0n) is 18.5. The van der Waals surface area contributed by atoms with Crippen LogP contribution in [0.15, 0.2) is 33.8 Å². The lowest BCUT2D eigenvalue weighted by molar-refractivity contribution is -0.119. The van der Waals surface area contributed by atoms with Gasteiger partial charge in [0.2, 0.25) is 5.91 Å². The van der Waals surface area contributed by atoms with Crippen LogP contribution in [0.25, 0.3) is 0 Å². The second kappa shape index (κ2) is 13.3. The van der Waals surface area contributed by atoms with E-state index in [0.29, 0.717) is 19.0 Å². The van der Waals surface area contributed by atoms with E-state index >= 15 is 0 Å². The lowest BCUT2D eigenvalue weighted by Crippen LogP contribution is -2.36. The van der Waals surface area contributed by atoms with Gasteiger partial charge in [-0.3, -0.25) is 9.79 Å². The number of benzene rings is 1. The monoisotopic (exact) mass is 527 g/mol. The van der Waals surface area contributed by atoms with Crippen molar-refractivity contribution in [3.63, 3.8) is 0 Å². The molecule has 1 atom stereocenters. The highest BCUT2D eigenvalue weighted by molar-refractivity contribution is 14.0. The van der Waals surface area contributed by atoms with Gasteiger partial charge < -0.3 is 20.5 Å². The van der Waals surface area contributed by atoms with Gasteiger partial charge in [0.1, 0.15) is 5.76 Å². The van der Waals surface area contributed by atoms with Crippen LogP contribution in [0.5, 0.6) is 0 Å². The molecule has 0 saturated heterocycles. The maximum Gasteiger partial charge on any atom is 0.227 e. The van der Waals surface area contributed by atoms with Gasteiger partial charge in [-0.05, 0) is 30.5 Å². The lowest BCUT2D eigenvalue weighted by Gasteiger charge is -2.14. The van der Waals surface area contributed by atoms with E-state index in [9.17, 15) is 4.79 Å². The fourth-order valence-corrected chi connectivity index (χ4v) is 2.93. The van der Waals surface area contributed by atoms with Crippen molar-refractivity contribution in [3.05, 3.63) is 46.8 Å². The fraction of sp³-hybridized carbons (Fsp3) is 0.500. The van der Waals surface area contributed by atoms with E-state index in [1.165, 1.54) is 0 Å². The average molecular weight is 527 g/mol. The number of halogens is 1. The minimum Gasteiger partial charge on any atom is -0.361 e. The largest absolute Gasteiger partial charge is 0.361 e. The zero-order valence-corrected chi connectivity index (χ0v) is 20.9. The summed E-state index contributed by atoms with van der Waals surface area (Å²) in [7, 11) is 1.74. The van der Waals surface area contributed by atoms with E-state index in [0.717, 1.165) is 47.5 Å². The van der Waals surface area contributed by atoms with Crippen LogP contribution < -0.4 is 16.0 Å². The number of aromatic nitrogens is 1. The van der Waals surface area contributed by atoms with E-state index < -0.39 is 0 Å². The van der Waals surface area contributed by atoms with Crippen LogP contribution in [0.2, 0.25) is 0 Å². The summed E-state index contributed by atoms with van der Waals surface area (Å²) in [5.41, 5.74) is 3.95.